The van der Waals surface area contributed by atoms with Crippen LogP contribution in [0.25, 0.3) is 0 Å². The molecule has 1 aromatic carbocycles. The van der Waals surface area contributed by atoms with E-state index in [2.05, 4.69) is 55.4 Å². The van der Waals surface area contributed by atoms with Gasteiger partial charge in [-0.2, -0.15) is 0 Å². The van der Waals surface area contributed by atoms with Gasteiger partial charge < -0.3 is 15.5 Å². The van der Waals surface area contributed by atoms with E-state index >= 15 is 0 Å². The van der Waals surface area contributed by atoms with Crippen molar-refractivity contribution < 1.29 is 0 Å². The molecule has 1 aromatic rings. The van der Waals surface area contributed by atoms with Crippen LogP contribution in [-0.2, 0) is 6.54 Å². The third-order valence-corrected chi connectivity index (χ3v) is 3.56. The number of guanidine groups is 1. The average molecular weight is 453 g/mol. The number of hydrogen-bond donors (Lipinski definition) is 2. The van der Waals surface area contributed by atoms with Crippen molar-refractivity contribution in [2.24, 2.45) is 10.4 Å². The van der Waals surface area contributed by atoms with Gasteiger partial charge in [0.05, 0.1) is 6.54 Å². The Balaban J connectivity index is 0.00000484. The zero-order valence-corrected chi connectivity index (χ0v) is 17.9. The third kappa shape index (κ3) is 9.37. The molecule has 6 heteroatoms. The quantitative estimate of drug-likeness (QED) is 0.377. The minimum Gasteiger partial charge on any atom is -0.357 e. The number of nitrogens with one attached hydrogen (secondary N) is 2. The lowest BCUT2D eigenvalue weighted by atomic mass is 9.93. The van der Waals surface area contributed by atoms with E-state index in [0.717, 1.165) is 36.2 Å². The van der Waals surface area contributed by atoms with Crippen LogP contribution in [0.1, 0.15) is 26.3 Å². The molecule has 0 heterocycles. The molecular formula is C17H30ClIN4. The van der Waals surface area contributed by atoms with Gasteiger partial charge in [0.15, 0.2) is 5.96 Å². The zero-order chi connectivity index (χ0) is 16.6. The first kappa shape index (κ1) is 22.5. The molecule has 0 unspecified atom stereocenters. The van der Waals surface area contributed by atoms with Crippen LogP contribution in [0, 0.1) is 5.41 Å². The van der Waals surface area contributed by atoms with Crippen molar-refractivity contribution in [3.8, 4) is 0 Å². The van der Waals surface area contributed by atoms with Gasteiger partial charge in [-0.15, -0.1) is 24.0 Å². The van der Waals surface area contributed by atoms with Crippen molar-refractivity contribution in [2.45, 2.75) is 27.3 Å². The summed E-state index contributed by atoms with van der Waals surface area (Å²) in [6, 6.07) is 7.82. The Morgan fingerprint density at radius 2 is 1.87 bits per heavy atom. The van der Waals surface area contributed by atoms with Crippen LogP contribution in [0.4, 0.5) is 0 Å². The Kier molecular flexibility index (Phi) is 10.8. The van der Waals surface area contributed by atoms with Crippen LogP contribution in [0.3, 0.4) is 0 Å². The van der Waals surface area contributed by atoms with Gasteiger partial charge in [0.25, 0.3) is 0 Å². The third-order valence-electron chi connectivity index (χ3n) is 3.19. The van der Waals surface area contributed by atoms with E-state index in [1.807, 2.05) is 24.3 Å². The molecule has 0 aromatic heterocycles. The second-order valence-corrected chi connectivity index (χ2v) is 6.95. The number of aliphatic imine (C=N–C) groups is 1. The molecule has 1 rings (SSSR count). The summed E-state index contributed by atoms with van der Waals surface area (Å²) >= 11 is 6.18. The maximum atomic E-state index is 6.18. The standard InChI is InChI=1S/C17H29ClN4.HI/c1-6-19-16(21-12-17(2,3)13-22(4)5)20-11-14-9-7-8-10-15(14)18;/h7-10H,6,11-13H2,1-5H3,(H2,19,20,21);1H. The molecule has 0 aliphatic carbocycles. The molecule has 2 N–H and O–H groups in total. The lowest BCUT2D eigenvalue weighted by molar-refractivity contribution is 0.241. The van der Waals surface area contributed by atoms with Crippen molar-refractivity contribution in [2.75, 3.05) is 33.7 Å². The average Bonchev–Trinajstić information content (AvgIpc) is 2.42. The maximum Gasteiger partial charge on any atom is 0.191 e. The summed E-state index contributed by atoms with van der Waals surface area (Å²) < 4.78 is 0. The van der Waals surface area contributed by atoms with Gasteiger partial charge in [0.1, 0.15) is 0 Å². The maximum absolute atomic E-state index is 6.18. The first-order valence-electron chi connectivity index (χ1n) is 7.74. The van der Waals surface area contributed by atoms with E-state index in [0.29, 0.717) is 6.54 Å². The Bertz CT molecular complexity index is 489. The molecule has 0 saturated carbocycles. The van der Waals surface area contributed by atoms with Crippen molar-refractivity contribution in [1.29, 1.82) is 0 Å². The fraction of sp³-hybridized carbons (Fsp3) is 0.588. The molecule has 0 aliphatic rings. The number of rotatable bonds is 7. The van der Waals surface area contributed by atoms with E-state index < -0.39 is 0 Å². The summed E-state index contributed by atoms with van der Waals surface area (Å²) in [5.41, 5.74) is 1.21. The Hall–Kier alpha value is -0.530. The summed E-state index contributed by atoms with van der Waals surface area (Å²) in [5, 5.41) is 7.46. The van der Waals surface area contributed by atoms with Gasteiger partial charge in [-0.25, -0.2) is 4.99 Å². The van der Waals surface area contributed by atoms with Crippen molar-refractivity contribution in [3.05, 3.63) is 34.9 Å². The van der Waals surface area contributed by atoms with Gasteiger partial charge in [0, 0.05) is 24.7 Å². The number of hydrogen-bond acceptors (Lipinski definition) is 2. The first-order valence-corrected chi connectivity index (χ1v) is 8.12. The van der Waals surface area contributed by atoms with Gasteiger partial charge in [-0.05, 0) is 38.1 Å². The highest BCUT2D eigenvalue weighted by Crippen LogP contribution is 2.16. The minimum absolute atomic E-state index is 0. The molecule has 4 nitrogen and oxygen atoms in total. The van der Waals surface area contributed by atoms with Crippen LogP contribution >= 0.6 is 35.6 Å². The van der Waals surface area contributed by atoms with E-state index in [-0.39, 0.29) is 29.4 Å². The smallest absolute Gasteiger partial charge is 0.191 e. The van der Waals surface area contributed by atoms with E-state index in [9.17, 15) is 0 Å². The zero-order valence-electron chi connectivity index (χ0n) is 14.8. The molecule has 0 aliphatic heterocycles. The Morgan fingerprint density at radius 3 is 2.43 bits per heavy atom. The van der Waals surface area contributed by atoms with Crippen LogP contribution in [0.5, 0.6) is 0 Å². The summed E-state index contributed by atoms with van der Waals surface area (Å²) in [5.74, 6) is 0.828. The minimum atomic E-state index is 0. The molecule has 0 radical (unpaired) electrons. The van der Waals surface area contributed by atoms with Gasteiger partial charge in [-0.1, -0.05) is 43.6 Å². The molecule has 0 atom stereocenters. The van der Waals surface area contributed by atoms with E-state index in [1.54, 1.807) is 0 Å². The lowest BCUT2D eigenvalue weighted by Gasteiger charge is -2.29. The molecule has 0 amide bonds. The number of benzene rings is 1. The fourth-order valence-corrected chi connectivity index (χ4v) is 2.56. The predicted octanol–water partition coefficient (Wildman–Crippen LogP) is 3.60. The highest BCUT2D eigenvalue weighted by Gasteiger charge is 2.19. The molecule has 0 spiro atoms. The van der Waals surface area contributed by atoms with Gasteiger partial charge >= 0.3 is 0 Å². The van der Waals surface area contributed by atoms with Crippen molar-refractivity contribution in [1.82, 2.24) is 15.5 Å². The highest BCUT2D eigenvalue weighted by atomic mass is 127. The van der Waals surface area contributed by atoms with E-state index in [1.165, 1.54) is 0 Å². The molecular weight excluding hydrogens is 423 g/mol. The summed E-state index contributed by atoms with van der Waals surface area (Å²) in [4.78, 5) is 6.83. The topological polar surface area (TPSA) is 39.7 Å². The predicted molar refractivity (Wildman–Crippen MR) is 112 cm³/mol. The van der Waals surface area contributed by atoms with Crippen LogP contribution < -0.4 is 10.6 Å². The summed E-state index contributed by atoms with van der Waals surface area (Å²) in [7, 11) is 4.19. The molecule has 23 heavy (non-hydrogen) atoms. The first-order chi connectivity index (χ1) is 10.3. The molecule has 132 valence electrons. The second-order valence-electron chi connectivity index (χ2n) is 6.54. The molecule has 0 bridgehead atoms. The Labute approximate surface area is 163 Å². The lowest BCUT2D eigenvalue weighted by Crippen LogP contribution is -2.44. The monoisotopic (exact) mass is 452 g/mol. The SMILES string of the molecule is CCNC(=NCc1ccccc1Cl)NCC(C)(C)CN(C)C.I. The molecule has 0 fully saturated rings. The number of nitrogens with zero attached hydrogens (tertiary/aromatic N) is 2. The van der Waals surface area contributed by atoms with Crippen LogP contribution in [0.15, 0.2) is 29.3 Å². The van der Waals surface area contributed by atoms with Gasteiger partial charge in [-0.3, -0.25) is 0 Å². The summed E-state index contributed by atoms with van der Waals surface area (Å²) in [6.07, 6.45) is 0. The summed E-state index contributed by atoms with van der Waals surface area (Å²) in [6.45, 7) is 9.85. The van der Waals surface area contributed by atoms with Crippen LogP contribution in [-0.4, -0.2) is 44.6 Å². The van der Waals surface area contributed by atoms with Crippen LogP contribution in [0.2, 0.25) is 5.02 Å². The van der Waals surface area contributed by atoms with E-state index in [4.69, 9.17) is 11.6 Å². The highest BCUT2D eigenvalue weighted by molar-refractivity contribution is 14.0. The Morgan fingerprint density at radius 1 is 1.22 bits per heavy atom. The van der Waals surface area contributed by atoms with Crippen molar-refractivity contribution >= 4 is 41.5 Å². The largest absolute Gasteiger partial charge is 0.357 e. The normalized spacial score (nSPS) is 12.0. The van der Waals surface area contributed by atoms with Crippen molar-refractivity contribution in [3.63, 3.8) is 0 Å². The number of halogens is 2. The fourth-order valence-electron chi connectivity index (χ4n) is 2.37. The molecule has 0 saturated heterocycles. The van der Waals surface area contributed by atoms with Gasteiger partial charge in [0.2, 0.25) is 0 Å². The second kappa shape index (κ2) is 11.1.